The van der Waals surface area contributed by atoms with Crippen LogP contribution in [0.3, 0.4) is 0 Å². The van der Waals surface area contributed by atoms with E-state index in [0.717, 1.165) is 49.0 Å². The fourth-order valence-corrected chi connectivity index (χ4v) is 5.80. The number of likely N-dealkylation sites (tertiary alicyclic amines) is 1. The van der Waals surface area contributed by atoms with Gasteiger partial charge in [0.25, 0.3) is 5.56 Å². The molecule has 3 aliphatic rings. The summed E-state index contributed by atoms with van der Waals surface area (Å²) in [5.74, 6) is 0.284. The first-order valence-electron chi connectivity index (χ1n) is 11.8. The molecule has 1 spiro atoms. The van der Waals surface area contributed by atoms with Crippen LogP contribution in [0.1, 0.15) is 59.3 Å². The van der Waals surface area contributed by atoms with E-state index < -0.39 is 11.5 Å². The zero-order valence-corrected chi connectivity index (χ0v) is 19.8. The molecule has 0 aliphatic carbocycles. The number of aliphatic hydroxyl groups is 1. The molecule has 1 aromatic heterocycles. The topological polar surface area (TPSA) is 105 Å². The van der Waals surface area contributed by atoms with Gasteiger partial charge in [0, 0.05) is 31.3 Å². The quantitative estimate of drug-likeness (QED) is 0.684. The Morgan fingerprint density at radius 3 is 2.62 bits per heavy atom. The lowest BCUT2D eigenvalue weighted by molar-refractivity contribution is -0.128. The molecule has 2 fully saturated rings. The number of carbonyl (C=O) groups is 2. The number of hydrogen-bond donors (Lipinski definition) is 1. The summed E-state index contributed by atoms with van der Waals surface area (Å²) in [7, 11) is 1.59. The lowest BCUT2D eigenvalue weighted by Gasteiger charge is -2.38. The number of nitrogens with zero attached hydrogens (tertiary/aromatic N) is 4. The first kappa shape index (κ1) is 22.7. The highest BCUT2D eigenvalue weighted by Gasteiger charge is 2.52. The molecule has 9 nitrogen and oxygen atoms in total. The zero-order chi connectivity index (χ0) is 24.2. The van der Waals surface area contributed by atoms with Crippen LogP contribution in [0.25, 0.3) is 0 Å². The summed E-state index contributed by atoms with van der Waals surface area (Å²) in [6, 6.07) is 6.63. The van der Waals surface area contributed by atoms with Crippen molar-refractivity contribution in [1.29, 1.82) is 0 Å². The number of amides is 1. The van der Waals surface area contributed by atoms with E-state index in [-0.39, 0.29) is 30.1 Å². The van der Waals surface area contributed by atoms with Crippen molar-refractivity contribution >= 4 is 17.7 Å². The van der Waals surface area contributed by atoms with Crippen LogP contribution in [0, 0.1) is 12.3 Å². The number of cyclic esters (lactones) is 1. The Hall–Kier alpha value is -3.04. The Morgan fingerprint density at radius 1 is 1.18 bits per heavy atom. The number of aromatic nitrogens is 2. The summed E-state index contributed by atoms with van der Waals surface area (Å²) in [5.41, 5.74) is 2.52. The number of esters is 1. The van der Waals surface area contributed by atoms with E-state index in [0.29, 0.717) is 17.9 Å². The number of hydrogen-bond acceptors (Lipinski definition) is 7. The molecule has 0 unspecified atom stereocenters. The number of ether oxygens (including phenoxy) is 1. The Balaban J connectivity index is 1.26. The van der Waals surface area contributed by atoms with E-state index in [1.165, 1.54) is 10.7 Å². The van der Waals surface area contributed by atoms with E-state index in [9.17, 15) is 19.5 Å². The summed E-state index contributed by atoms with van der Waals surface area (Å²) in [4.78, 5) is 41.0. The van der Waals surface area contributed by atoms with Crippen LogP contribution >= 0.6 is 0 Å². The molecule has 0 bridgehead atoms. The van der Waals surface area contributed by atoms with E-state index in [1.807, 2.05) is 19.9 Å². The van der Waals surface area contributed by atoms with Gasteiger partial charge >= 0.3 is 5.97 Å². The SMILES string of the molecule is Cc1c([C@@H](O)CN2CCC3(CC2)C[C@@H](C)N(c2ccc(=O)n(C)n2)C3=O)ccc2c1COC2=O. The minimum atomic E-state index is -0.681. The van der Waals surface area contributed by atoms with Gasteiger partial charge in [-0.3, -0.25) is 14.5 Å². The number of β-amino-alcohol motifs (C(OH)–C–C–N with tert-alkyl or cyclic N) is 1. The van der Waals surface area contributed by atoms with Crippen molar-refractivity contribution in [1.82, 2.24) is 14.7 Å². The van der Waals surface area contributed by atoms with E-state index >= 15 is 0 Å². The molecule has 0 saturated carbocycles. The van der Waals surface area contributed by atoms with Crippen LogP contribution < -0.4 is 10.5 Å². The van der Waals surface area contributed by atoms with Crippen LogP contribution in [-0.4, -0.2) is 57.3 Å². The molecule has 4 heterocycles. The predicted molar refractivity (Wildman–Crippen MR) is 124 cm³/mol. The second-order valence-electron chi connectivity index (χ2n) is 9.86. The van der Waals surface area contributed by atoms with Crippen molar-refractivity contribution in [3.05, 3.63) is 56.9 Å². The third kappa shape index (κ3) is 3.63. The maximum Gasteiger partial charge on any atom is 0.338 e. The summed E-state index contributed by atoms with van der Waals surface area (Å²) in [6.07, 6.45) is 1.51. The van der Waals surface area contributed by atoms with Crippen LogP contribution in [0.2, 0.25) is 0 Å². The normalized spacial score (nSPS) is 22.8. The maximum atomic E-state index is 13.5. The van der Waals surface area contributed by atoms with E-state index in [2.05, 4.69) is 10.00 Å². The molecule has 180 valence electrons. The average Bonchev–Trinajstić information content (AvgIpc) is 3.30. The Kier molecular flexibility index (Phi) is 5.56. The zero-order valence-electron chi connectivity index (χ0n) is 19.8. The second-order valence-corrected chi connectivity index (χ2v) is 9.86. The number of fused-ring (bicyclic) bond motifs is 1. The van der Waals surface area contributed by atoms with Crippen molar-refractivity contribution in [3.8, 4) is 0 Å². The lowest BCUT2D eigenvalue weighted by Crippen LogP contribution is -2.46. The van der Waals surface area contributed by atoms with Gasteiger partial charge < -0.3 is 14.7 Å². The highest BCUT2D eigenvalue weighted by atomic mass is 16.5. The molecule has 2 saturated heterocycles. The molecule has 34 heavy (non-hydrogen) atoms. The number of piperidine rings is 1. The first-order chi connectivity index (χ1) is 16.2. The molecular formula is C25H30N4O5. The Labute approximate surface area is 197 Å². The fraction of sp³-hybridized carbons (Fsp3) is 0.520. The first-order valence-corrected chi connectivity index (χ1v) is 11.8. The third-order valence-corrected chi connectivity index (χ3v) is 7.80. The van der Waals surface area contributed by atoms with Gasteiger partial charge in [0.05, 0.1) is 17.1 Å². The second kappa shape index (κ2) is 8.32. The highest BCUT2D eigenvalue weighted by molar-refractivity contribution is 6.00. The average molecular weight is 467 g/mol. The van der Waals surface area contributed by atoms with Crippen molar-refractivity contribution in [2.45, 2.75) is 51.9 Å². The van der Waals surface area contributed by atoms with Crippen LogP contribution in [0.4, 0.5) is 5.82 Å². The monoisotopic (exact) mass is 466 g/mol. The number of carbonyl (C=O) groups excluding carboxylic acids is 2. The number of benzene rings is 1. The standard InChI is InChI=1S/C25H30N4O5/c1-15-12-25(24(33)29(15)21-6-7-22(31)27(3)26-21)8-10-28(11-9-25)13-20(30)17-4-5-18-19(16(17)2)14-34-23(18)32/h4-7,15,20,30H,8-14H2,1-3H3/t15-,20+/m1/s1. The Bertz CT molecular complexity index is 1210. The number of anilines is 1. The molecule has 1 aromatic carbocycles. The summed E-state index contributed by atoms with van der Waals surface area (Å²) in [5, 5.41) is 15.3. The van der Waals surface area contributed by atoms with Crippen LogP contribution in [0.5, 0.6) is 0 Å². The largest absolute Gasteiger partial charge is 0.457 e. The lowest BCUT2D eigenvalue weighted by atomic mass is 9.76. The summed E-state index contributed by atoms with van der Waals surface area (Å²) < 4.78 is 6.38. The summed E-state index contributed by atoms with van der Waals surface area (Å²) in [6.45, 7) is 6.12. The molecule has 1 amide bonds. The fourth-order valence-electron chi connectivity index (χ4n) is 5.80. The molecule has 9 heteroatoms. The van der Waals surface area contributed by atoms with Crippen molar-refractivity contribution in [2.24, 2.45) is 12.5 Å². The number of aryl methyl sites for hydroxylation is 1. The smallest absolute Gasteiger partial charge is 0.338 e. The molecule has 5 rings (SSSR count). The highest BCUT2D eigenvalue weighted by Crippen LogP contribution is 2.45. The molecule has 3 aliphatic heterocycles. The van der Waals surface area contributed by atoms with Crippen LogP contribution in [-0.2, 0) is 23.2 Å². The molecule has 0 radical (unpaired) electrons. The maximum absolute atomic E-state index is 13.5. The van der Waals surface area contributed by atoms with Gasteiger partial charge in [-0.25, -0.2) is 9.48 Å². The van der Waals surface area contributed by atoms with Gasteiger partial charge in [0.15, 0.2) is 5.82 Å². The van der Waals surface area contributed by atoms with Gasteiger partial charge in [-0.1, -0.05) is 6.07 Å². The van der Waals surface area contributed by atoms with Crippen LogP contribution in [0.15, 0.2) is 29.1 Å². The van der Waals surface area contributed by atoms with E-state index in [1.54, 1.807) is 24.1 Å². The third-order valence-electron chi connectivity index (χ3n) is 7.80. The molecule has 2 aromatic rings. The minimum absolute atomic E-state index is 0.00800. The van der Waals surface area contributed by atoms with Gasteiger partial charge in [-0.15, -0.1) is 0 Å². The summed E-state index contributed by atoms with van der Waals surface area (Å²) >= 11 is 0. The van der Waals surface area contributed by atoms with Crippen molar-refractivity contribution < 1.29 is 19.4 Å². The Morgan fingerprint density at radius 2 is 1.91 bits per heavy atom. The van der Waals surface area contributed by atoms with Gasteiger partial charge in [-0.2, -0.15) is 5.10 Å². The number of aliphatic hydroxyl groups excluding tert-OH is 1. The minimum Gasteiger partial charge on any atom is -0.457 e. The molecule has 1 N–H and O–H groups in total. The van der Waals surface area contributed by atoms with Crippen molar-refractivity contribution in [2.75, 3.05) is 24.5 Å². The van der Waals surface area contributed by atoms with Gasteiger partial charge in [0.2, 0.25) is 5.91 Å². The van der Waals surface area contributed by atoms with Gasteiger partial charge in [-0.05, 0) is 69.5 Å². The van der Waals surface area contributed by atoms with Crippen molar-refractivity contribution in [3.63, 3.8) is 0 Å². The van der Waals surface area contributed by atoms with Gasteiger partial charge in [0.1, 0.15) is 6.61 Å². The molecular weight excluding hydrogens is 436 g/mol. The number of rotatable bonds is 4. The van der Waals surface area contributed by atoms with E-state index in [4.69, 9.17) is 4.74 Å². The molecule has 2 atom stereocenters. The predicted octanol–water partition coefficient (Wildman–Crippen LogP) is 1.70.